The summed E-state index contributed by atoms with van der Waals surface area (Å²) in [5.41, 5.74) is 9.96. The van der Waals surface area contributed by atoms with E-state index in [1.807, 2.05) is 22.7 Å². The molecule has 0 aliphatic carbocycles. The number of rotatable bonds is 4. The van der Waals surface area contributed by atoms with E-state index in [1.54, 1.807) is 0 Å². The molecule has 13 rings (SSSR count). The fourth-order valence-corrected chi connectivity index (χ4v) is 12.4. The summed E-state index contributed by atoms with van der Waals surface area (Å²) in [6.45, 7) is 0. The Morgan fingerprint density at radius 2 is 0.583 bits per heavy atom. The summed E-state index contributed by atoms with van der Waals surface area (Å²) in [6.07, 6.45) is 0. The number of hydrogen-bond acceptors (Lipinski definition) is 2. The summed E-state index contributed by atoms with van der Waals surface area (Å²) in [4.78, 5) is 0. The monoisotopic (exact) mass is 794 g/mol. The number of thiophene rings is 2. The number of benzene rings is 11. The van der Waals surface area contributed by atoms with Crippen molar-refractivity contribution >= 4 is 106 Å². The fraction of sp³-hybridized carbons (Fsp3) is 0. The van der Waals surface area contributed by atoms with Gasteiger partial charge in [0.15, 0.2) is 0 Å². The molecular weight excluding hydrogens is 761 g/mol. The van der Waals surface area contributed by atoms with E-state index in [-0.39, 0.29) is 0 Å². The molecular formula is C58H34S2. The third-order valence-corrected chi connectivity index (χ3v) is 15.1. The molecule has 0 radical (unpaired) electrons. The van der Waals surface area contributed by atoms with Gasteiger partial charge in [-0.2, -0.15) is 0 Å². The van der Waals surface area contributed by atoms with Gasteiger partial charge in [-0.3, -0.25) is 0 Å². The highest BCUT2D eigenvalue weighted by molar-refractivity contribution is 7.27. The first kappa shape index (κ1) is 33.8. The van der Waals surface area contributed by atoms with Crippen molar-refractivity contribution in [3.63, 3.8) is 0 Å². The van der Waals surface area contributed by atoms with Crippen molar-refractivity contribution in [2.75, 3.05) is 0 Å². The second kappa shape index (κ2) is 13.2. The fourth-order valence-electron chi connectivity index (χ4n) is 9.96. The first-order valence-corrected chi connectivity index (χ1v) is 22.2. The Kier molecular flexibility index (Phi) is 7.45. The van der Waals surface area contributed by atoms with Crippen LogP contribution in [0, 0.1) is 0 Å². The maximum atomic E-state index is 2.49. The molecule has 0 amide bonds. The summed E-state index contributed by atoms with van der Waals surface area (Å²) in [7, 11) is 0. The zero-order valence-corrected chi connectivity index (χ0v) is 34.1. The van der Waals surface area contributed by atoms with Crippen LogP contribution in [0.5, 0.6) is 0 Å². The number of hydrogen-bond donors (Lipinski definition) is 0. The van der Waals surface area contributed by atoms with Gasteiger partial charge in [0.1, 0.15) is 0 Å². The minimum atomic E-state index is 1.22. The lowest BCUT2D eigenvalue weighted by molar-refractivity contribution is 1.61. The van der Waals surface area contributed by atoms with E-state index in [1.165, 1.54) is 128 Å². The first-order chi connectivity index (χ1) is 29.8. The molecule has 13 aromatic rings. The van der Waals surface area contributed by atoms with Crippen LogP contribution in [0.2, 0.25) is 0 Å². The van der Waals surface area contributed by atoms with E-state index in [0.717, 1.165) is 0 Å². The molecule has 0 saturated carbocycles. The van der Waals surface area contributed by atoms with E-state index in [0.29, 0.717) is 0 Å². The largest absolute Gasteiger partial charge is 0.135 e. The Labute approximate surface area is 354 Å². The van der Waals surface area contributed by atoms with Crippen LogP contribution in [0.1, 0.15) is 0 Å². The van der Waals surface area contributed by atoms with E-state index >= 15 is 0 Å². The second-order valence-corrected chi connectivity index (χ2v) is 18.0. The molecule has 2 heterocycles. The Balaban J connectivity index is 1.10. The molecule has 0 fully saturated rings. The second-order valence-electron chi connectivity index (χ2n) is 15.9. The molecule has 60 heavy (non-hydrogen) atoms. The molecule has 11 aromatic carbocycles. The quantitative estimate of drug-likeness (QED) is 0.156. The summed E-state index contributed by atoms with van der Waals surface area (Å²) in [5, 5.41) is 15.6. The van der Waals surface area contributed by atoms with E-state index in [2.05, 4.69) is 206 Å². The van der Waals surface area contributed by atoms with Crippen molar-refractivity contribution in [2.24, 2.45) is 0 Å². The van der Waals surface area contributed by atoms with Crippen LogP contribution in [-0.4, -0.2) is 0 Å². The van der Waals surface area contributed by atoms with Crippen molar-refractivity contribution in [3.05, 3.63) is 206 Å². The first-order valence-electron chi connectivity index (χ1n) is 20.6. The van der Waals surface area contributed by atoms with E-state index in [4.69, 9.17) is 0 Å². The van der Waals surface area contributed by atoms with Gasteiger partial charge < -0.3 is 0 Å². The summed E-state index contributed by atoms with van der Waals surface area (Å²) in [5.74, 6) is 0. The maximum Gasteiger partial charge on any atom is 0.0434 e. The standard InChI is InChI=1S/C58H34S2/c1-2-12-35(13-3-1)36-26-28-37(29-27-36)56-46-20-8-18-40(38-16-10-22-48-42(38)30-32-50-44-14-4-6-24-54(44)59-57(48)50)52(46)34-53-41(19-9-21-47(53)56)39-17-11-23-49-43(39)31-33-51-45-15-5-7-25-55(45)60-58(49)51/h1-34H. The maximum absolute atomic E-state index is 2.49. The van der Waals surface area contributed by atoms with Crippen molar-refractivity contribution < 1.29 is 0 Å². The highest BCUT2D eigenvalue weighted by Gasteiger charge is 2.19. The summed E-state index contributed by atoms with van der Waals surface area (Å²) in [6, 6.07) is 77.0. The molecule has 0 atom stereocenters. The predicted octanol–water partition coefficient (Wildman–Crippen LogP) is 17.7. The van der Waals surface area contributed by atoms with Crippen molar-refractivity contribution in [1.29, 1.82) is 0 Å². The minimum absolute atomic E-state index is 1.22. The van der Waals surface area contributed by atoms with Gasteiger partial charge in [-0.25, -0.2) is 0 Å². The SMILES string of the molecule is c1ccc(-c2ccc(-c3c4cccc(-c5cccc6c5ccc5c7ccccc7sc65)c4cc4c(-c5cccc6c5ccc5c7ccccc7sc65)cccc34)cc2)cc1. The average molecular weight is 795 g/mol. The third kappa shape index (κ3) is 5.02. The van der Waals surface area contributed by atoms with Gasteiger partial charge in [0.05, 0.1) is 0 Å². The Hall–Kier alpha value is -7.10. The molecule has 0 saturated heterocycles. The molecule has 2 aromatic heterocycles. The van der Waals surface area contributed by atoms with Gasteiger partial charge in [-0.05, 0) is 95.0 Å². The topological polar surface area (TPSA) is 0 Å². The third-order valence-electron chi connectivity index (χ3n) is 12.7. The Morgan fingerprint density at radius 1 is 0.217 bits per heavy atom. The average Bonchev–Trinajstić information content (AvgIpc) is 3.90. The van der Waals surface area contributed by atoms with Crippen molar-refractivity contribution in [2.45, 2.75) is 0 Å². The van der Waals surface area contributed by atoms with Gasteiger partial charge in [0, 0.05) is 51.1 Å². The lowest BCUT2D eigenvalue weighted by Gasteiger charge is -2.19. The molecule has 0 nitrogen and oxygen atoms in total. The summed E-state index contributed by atoms with van der Waals surface area (Å²) >= 11 is 3.80. The lowest BCUT2D eigenvalue weighted by atomic mass is 9.84. The van der Waals surface area contributed by atoms with Crippen LogP contribution < -0.4 is 0 Å². The van der Waals surface area contributed by atoms with Crippen LogP contribution in [0.15, 0.2) is 206 Å². The Bertz CT molecular complexity index is 3650. The van der Waals surface area contributed by atoms with Crippen LogP contribution in [0.25, 0.3) is 128 Å². The van der Waals surface area contributed by atoms with Crippen LogP contribution >= 0.6 is 22.7 Å². The summed E-state index contributed by atoms with van der Waals surface area (Å²) < 4.78 is 5.37. The zero-order chi connectivity index (χ0) is 39.3. The van der Waals surface area contributed by atoms with Gasteiger partial charge in [-0.1, -0.05) is 188 Å². The van der Waals surface area contributed by atoms with Gasteiger partial charge >= 0.3 is 0 Å². The zero-order valence-electron chi connectivity index (χ0n) is 32.4. The van der Waals surface area contributed by atoms with Crippen LogP contribution in [0.4, 0.5) is 0 Å². The van der Waals surface area contributed by atoms with E-state index in [9.17, 15) is 0 Å². The minimum Gasteiger partial charge on any atom is -0.135 e. The van der Waals surface area contributed by atoms with Crippen LogP contribution in [0.3, 0.4) is 0 Å². The van der Waals surface area contributed by atoms with Crippen molar-refractivity contribution in [3.8, 4) is 44.5 Å². The highest BCUT2D eigenvalue weighted by atomic mass is 32.1. The molecule has 0 N–H and O–H groups in total. The highest BCUT2D eigenvalue weighted by Crippen LogP contribution is 2.48. The lowest BCUT2D eigenvalue weighted by Crippen LogP contribution is -1.92. The number of fused-ring (bicyclic) bond motifs is 12. The molecule has 0 aliphatic heterocycles. The van der Waals surface area contributed by atoms with Gasteiger partial charge in [0.25, 0.3) is 0 Å². The molecule has 0 aliphatic rings. The van der Waals surface area contributed by atoms with Crippen molar-refractivity contribution in [1.82, 2.24) is 0 Å². The van der Waals surface area contributed by atoms with Crippen LogP contribution in [-0.2, 0) is 0 Å². The predicted molar refractivity (Wildman–Crippen MR) is 264 cm³/mol. The normalized spacial score (nSPS) is 12.0. The van der Waals surface area contributed by atoms with Gasteiger partial charge in [-0.15, -0.1) is 22.7 Å². The molecule has 0 spiro atoms. The smallest absolute Gasteiger partial charge is 0.0434 e. The molecule has 0 bridgehead atoms. The van der Waals surface area contributed by atoms with E-state index < -0.39 is 0 Å². The Morgan fingerprint density at radius 3 is 1.10 bits per heavy atom. The molecule has 278 valence electrons. The van der Waals surface area contributed by atoms with Gasteiger partial charge in [0.2, 0.25) is 0 Å². The molecule has 0 unspecified atom stereocenters. The molecule has 2 heteroatoms.